The van der Waals surface area contributed by atoms with Crippen molar-refractivity contribution in [2.75, 3.05) is 38.5 Å². The number of aromatic amines is 1. The van der Waals surface area contributed by atoms with Crippen molar-refractivity contribution in [2.45, 2.75) is 13.1 Å². The molecule has 2 aromatic heterocycles. The molecule has 3 heterocycles. The van der Waals surface area contributed by atoms with Gasteiger partial charge >= 0.3 is 6.18 Å². The van der Waals surface area contributed by atoms with Crippen LogP contribution in [0.25, 0.3) is 11.2 Å². The molecule has 1 aliphatic heterocycles. The van der Waals surface area contributed by atoms with E-state index in [0.29, 0.717) is 31.7 Å². The summed E-state index contributed by atoms with van der Waals surface area (Å²) in [5, 5.41) is 8.27. The maximum Gasteiger partial charge on any atom is 0.417 e. The number of nitrogens with one attached hydrogen (secondary N) is 2. The number of carbonyl (C=O) groups is 2. The van der Waals surface area contributed by atoms with Crippen molar-refractivity contribution >= 4 is 28.7 Å². The molecule has 4 aromatic rings. The molecule has 2 N–H and O–H groups in total. The standard InChI is InChI=1S/C28H23F4N7O2/c1-16-3-4-18(13-17(16)5-6-20-15-33-25-23(34-20)24(29)36-37-25)26(40)35-19-7-8-21(22(14-19)28(30,31)32)27(41)39-11-9-38(2)10-12-39/h3-4,7-8,13-15H,9-12H2,1-2H3,(H,35,40)(H,33,36,37). The Hall–Kier alpha value is -4.83. The highest BCUT2D eigenvalue weighted by Gasteiger charge is 2.37. The monoisotopic (exact) mass is 565 g/mol. The van der Waals surface area contributed by atoms with Crippen molar-refractivity contribution < 1.29 is 27.2 Å². The number of halogens is 4. The third-order valence-electron chi connectivity index (χ3n) is 6.66. The number of fused-ring (bicyclic) bond motifs is 1. The molecular formula is C28H23F4N7O2. The number of amides is 2. The van der Waals surface area contributed by atoms with Gasteiger partial charge in [0, 0.05) is 43.0 Å². The third kappa shape index (κ3) is 6.02. The van der Waals surface area contributed by atoms with Crippen LogP contribution in [-0.4, -0.2) is 75.0 Å². The van der Waals surface area contributed by atoms with Crippen molar-refractivity contribution in [3.05, 3.63) is 82.1 Å². The summed E-state index contributed by atoms with van der Waals surface area (Å²) in [6.45, 7) is 3.55. The third-order valence-corrected chi connectivity index (χ3v) is 6.66. The number of H-pyrrole nitrogens is 1. The van der Waals surface area contributed by atoms with E-state index in [1.54, 1.807) is 13.0 Å². The van der Waals surface area contributed by atoms with Crippen LogP contribution in [0, 0.1) is 24.7 Å². The summed E-state index contributed by atoms with van der Waals surface area (Å²) in [5.74, 6) is 3.46. The van der Waals surface area contributed by atoms with Crippen molar-refractivity contribution in [1.29, 1.82) is 0 Å². The highest BCUT2D eigenvalue weighted by Crippen LogP contribution is 2.35. The predicted molar refractivity (Wildman–Crippen MR) is 142 cm³/mol. The summed E-state index contributed by atoms with van der Waals surface area (Å²) in [5.41, 5.74) is -0.0848. The molecule has 1 aliphatic rings. The van der Waals surface area contributed by atoms with Gasteiger partial charge in [-0.3, -0.25) is 14.7 Å². The van der Waals surface area contributed by atoms with Gasteiger partial charge in [0.05, 0.1) is 17.3 Å². The Labute approximate surface area is 231 Å². The summed E-state index contributed by atoms with van der Waals surface area (Å²) in [4.78, 5) is 37.3. The minimum atomic E-state index is -4.81. The number of alkyl halides is 3. The number of piperazine rings is 1. The Morgan fingerprint density at radius 1 is 1.05 bits per heavy atom. The Kier molecular flexibility index (Phi) is 7.42. The van der Waals surface area contributed by atoms with Crippen LogP contribution in [0.15, 0.2) is 42.6 Å². The average Bonchev–Trinajstić information content (AvgIpc) is 3.32. The average molecular weight is 566 g/mol. The Bertz CT molecular complexity index is 1710. The van der Waals surface area contributed by atoms with Crippen LogP contribution < -0.4 is 5.32 Å². The number of anilines is 1. The fourth-order valence-electron chi connectivity index (χ4n) is 4.29. The summed E-state index contributed by atoms with van der Waals surface area (Å²) in [6.07, 6.45) is -3.47. The van der Waals surface area contributed by atoms with E-state index in [1.807, 2.05) is 11.9 Å². The first-order valence-electron chi connectivity index (χ1n) is 12.5. The molecule has 2 aromatic carbocycles. The largest absolute Gasteiger partial charge is 0.417 e. The second-order valence-corrected chi connectivity index (χ2v) is 9.55. The lowest BCUT2D eigenvalue weighted by atomic mass is 10.0. The molecule has 0 aliphatic carbocycles. The smallest absolute Gasteiger partial charge is 0.336 e. The van der Waals surface area contributed by atoms with Gasteiger partial charge < -0.3 is 15.1 Å². The fourth-order valence-corrected chi connectivity index (χ4v) is 4.29. The molecule has 0 saturated carbocycles. The summed E-state index contributed by atoms with van der Waals surface area (Å²) in [7, 11) is 1.88. The quantitative estimate of drug-likeness (QED) is 0.289. The van der Waals surface area contributed by atoms with Gasteiger partial charge in [-0.15, -0.1) is 5.10 Å². The number of benzene rings is 2. The molecule has 5 rings (SSSR count). The van der Waals surface area contributed by atoms with Crippen molar-refractivity contribution in [1.82, 2.24) is 30.0 Å². The van der Waals surface area contributed by atoms with Crippen molar-refractivity contribution in [2.24, 2.45) is 0 Å². The van der Waals surface area contributed by atoms with E-state index in [0.717, 1.165) is 17.7 Å². The van der Waals surface area contributed by atoms with E-state index in [-0.39, 0.29) is 28.1 Å². The van der Waals surface area contributed by atoms with Gasteiger partial charge in [0.1, 0.15) is 5.69 Å². The molecule has 0 atom stereocenters. The van der Waals surface area contributed by atoms with E-state index < -0.39 is 35.1 Å². The molecule has 0 bridgehead atoms. The lowest BCUT2D eigenvalue weighted by molar-refractivity contribution is -0.138. The molecule has 0 spiro atoms. The highest BCUT2D eigenvalue weighted by atomic mass is 19.4. The van der Waals surface area contributed by atoms with Crippen molar-refractivity contribution in [3.8, 4) is 11.8 Å². The molecule has 1 fully saturated rings. The van der Waals surface area contributed by atoms with Crippen LogP contribution in [0.1, 0.15) is 43.1 Å². The van der Waals surface area contributed by atoms with Gasteiger partial charge in [-0.2, -0.15) is 17.6 Å². The maximum absolute atomic E-state index is 13.9. The molecule has 41 heavy (non-hydrogen) atoms. The molecular weight excluding hydrogens is 542 g/mol. The van der Waals surface area contributed by atoms with Crippen LogP contribution in [0.5, 0.6) is 0 Å². The zero-order valence-electron chi connectivity index (χ0n) is 21.9. The molecule has 0 unspecified atom stereocenters. The Morgan fingerprint density at radius 2 is 1.80 bits per heavy atom. The highest BCUT2D eigenvalue weighted by molar-refractivity contribution is 6.05. The number of hydrogen-bond donors (Lipinski definition) is 2. The van der Waals surface area contributed by atoms with Gasteiger partial charge in [-0.05, 0) is 55.8 Å². The summed E-state index contributed by atoms with van der Waals surface area (Å²) < 4.78 is 55.5. The number of hydrogen-bond acceptors (Lipinski definition) is 6. The second kappa shape index (κ2) is 11.0. The SMILES string of the molecule is Cc1ccc(C(=O)Nc2ccc(C(=O)N3CCN(C)CC3)c(C(F)(F)F)c2)cc1C#Cc1cnc2[nH]nc(F)c2n1. The summed E-state index contributed by atoms with van der Waals surface area (Å²) in [6, 6.07) is 7.76. The molecule has 9 nitrogen and oxygen atoms in total. The van der Waals surface area contributed by atoms with E-state index in [9.17, 15) is 27.2 Å². The Morgan fingerprint density at radius 3 is 2.54 bits per heavy atom. The van der Waals surface area contributed by atoms with E-state index >= 15 is 0 Å². The van der Waals surface area contributed by atoms with Crippen molar-refractivity contribution in [3.63, 3.8) is 0 Å². The fraction of sp³-hybridized carbons (Fsp3) is 0.250. The van der Waals surface area contributed by atoms with Gasteiger partial charge in [-0.1, -0.05) is 12.0 Å². The number of rotatable bonds is 3. The van der Waals surface area contributed by atoms with E-state index in [1.165, 1.54) is 29.3 Å². The minimum absolute atomic E-state index is 0.0591. The zero-order chi connectivity index (χ0) is 29.3. The first-order chi connectivity index (χ1) is 19.5. The molecule has 2 amide bonds. The van der Waals surface area contributed by atoms with Crippen LogP contribution >= 0.6 is 0 Å². The van der Waals surface area contributed by atoms with Gasteiger partial charge in [0.2, 0.25) is 0 Å². The second-order valence-electron chi connectivity index (χ2n) is 9.55. The number of aryl methyl sites for hydroxylation is 1. The maximum atomic E-state index is 13.9. The molecule has 1 saturated heterocycles. The Balaban J connectivity index is 1.37. The number of likely N-dealkylation sites (N-methyl/N-ethyl adjacent to an activating group) is 1. The van der Waals surface area contributed by atoms with Gasteiger partial charge in [0.15, 0.2) is 11.2 Å². The van der Waals surface area contributed by atoms with Crippen LogP contribution in [0.2, 0.25) is 0 Å². The van der Waals surface area contributed by atoms with Crippen LogP contribution in [0.4, 0.5) is 23.2 Å². The van der Waals surface area contributed by atoms with Crippen LogP contribution in [-0.2, 0) is 6.18 Å². The lowest BCUT2D eigenvalue weighted by Crippen LogP contribution is -2.47. The number of aromatic nitrogens is 4. The first kappa shape index (κ1) is 27.7. The molecule has 210 valence electrons. The number of nitrogens with zero attached hydrogens (tertiary/aromatic N) is 5. The van der Waals surface area contributed by atoms with Gasteiger partial charge in [0.25, 0.3) is 17.8 Å². The first-order valence-corrected chi connectivity index (χ1v) is 12.5. The minimum Gasteiger partial charge on any atom is -0.336 e. The van der Waals surface area contributed by atoms with E-state index in [2.05, 4.69) is 37.3 Å². The van der Waals surface area contributed by atoms with Crippen LogP contribution in [0.3, 0.4) is 0 Å². The van der Waals surface area contributed by atoms with E-state index in [4.69, 9.17) is 0 Å². The zero-order valence-corrected chi connectivity index (χ0v) is 21.9. The summed E-state index contributed by atoms with van der Waals surface area (Å²) >= 11 is 0. The topological polar surface area (TPSA) is 107 Å². The molecule has 0 radical (unpaired) electrons. The lowest BCUT2D eigenvalue weighted by Gasteiger charge is -2.33. The predicted octanol–water partition coefficient (Wildman–Crippen LogP) is 3.86. The van der Waals surface area contributed by atoms with Gasteiger partial charge in [-0.25, -0.2) is 9.97 Å². The normalized spacial score (nSPS) is 14.0. The number of carbonyl (C=O) groups excluding carboxylic acids is 2. The molecule has 13 heteroatoms.